The molecule has 0 spiro atoms. The minimum absolute atomic E-state index is 0.0957. The second-order valence-electron chi connectivity index (χ2n) is 4.56. The number of hydrogen-bond donors (Lipinski definition) is 0. The van der Waals surface area contributed by atoms with Gasteiger partial charge in [0.2, 0.25) is 0 Å². The van der Waals surface area contributed by atoms with Crippen molar-refractivity contribution >= 4 is 24.0 Å². The van der Waals surface area contributed by atoms with E-state index in [9.17, 15) is 0 Å². The van der Waals surface area contributed by atoms with E-state index in [4.69, 9.17) is 24.1 Å². The van der Waals surface area contributed by atoms with Crippen molar-refractivity contribution in [3.05, 3.63) is 54.1 Å². The van der Waals surface area contributed by atoms with E-state index in [1.54, 1.807) is 0 Å². The second-order valence-corrected chi connectivity index (χ2v) is 10.3. The van der Waals surface area contributed by atoms with Crippen LogP contribution in [0.5, 0.6) is 5.75 Å². The van der Waals surface area contributed by atoms with Gasteiger partial charge in [-0.2, -0.15) is 0 Å². The van der Waals surface area contributed by atoms with Crippen LogP contribution in [0.3, 0.4) is 0 Å². The molecular formula is C16H16Cl2ORu. The van der Waals surface area contributed by atoms with E-state index in [2.05, 4.69) is 18.2 Å². The number of hydrogen-bond acceptors (Lipinski definition) is 1. The van der Waals surface area contributed by atoms with Crippen LogP contribution in [0.15, 0.2) is 48.5 Å². The van der Waals surface area contributed by atoms with Crippen molar-refractivity contribution in [2.75, 3.05) is 0 Å². The molecular weight excluding hydrogens is 380 g/mol. The first-order valence-electron chi connectivity index (χ1n) is 6.26. The van der Waals surface area contributed by atoms with Crippen LogP contribution in [0.4, 0.5) is 0 Å². The summed E-state index contributed by atoms with van der Waals surface area (Å²) >= 11 is -1.89. The summed E-state index contributed by atoms with van der Waals surface area (Å²) in [6.07, 6.45) is 0.0957. The van der Waals surface area contributed by atoms with E-state index in [0.717, 1.165) is 22.4 Å². The fourth-order valence-corrected chi connectivity index (χ4v) is 3.72. The molecule has 1 nitrogen and oxygen atoms in total. The first-order chi connectivity index (χ1) is 9.58. The molecule has 4 heteroatoms. The normalized spacial score (nSPS) is 11.3. The first-order valence-corrected chi connectivity index (χ1v) is 11.7. The summed E-state index contributed by atoms with van der Waals surface area (Å²) in [4.78, 5) is 0. The summed E-state index contributed by atoms with van der Waals surface area (Å²) in [7, 11) is 12.0. The molecule has 0 aromatic heterocycles. The average Bonchev–Trinajstić information content (AvgIpc) is 2.40. The second kappa shape index (κ2) is 7.36. The van der Waals surface area contributed by atoms with Crippen LogP contribution in [0.2, 0.25) is 0 Å². The molecule has 0 atom stereocenters. The molecule has 0 saturated heterocycles. The maximum atomic E-state index is 6.02. The number of rotatable bonds is 4. The monoisotopic (exact) mass is 396 g/mol. The Hall–Kier alpha value is -0.687. The quantitative estimate of drug-likeness (QED) is 0.645. The van der Waals surface area contributed by atoms with Crippen molar-refractivity contribution in [3.63, 3.8) is 0 Å². The van der Waals surface area contributed by atoms with Crippen molar-refractivity contribution in [2.45, 2.75) is 20.0 Å². The molecule has 2 rings (SSSR count). The van der Waals surface area contributed by atoms with Gasteiger partial charge in [0.1, 0.15) is 0 Å². The first kappa shape index (κ1) is 15.7. The molecule has 0 bridgehead atoms. The van der Waals surface area contributed by atoms with Gasteiger partial charge in [-0.15, -0.1) is 0 Å². The van der Waals surface area contributed by atoms with Gasteiger partial charge in [0.15, 0.2) is 0 Å². The zero-order valence-electron chi connectivity index (χ0n) is 11.3. The Kier molecular flexibility index (Phi) is 5.78. The standard InChI is InChI=1S/C16H16O.2ClH.Ru/c1-12(2)17-16-13(3)8-7-11-15(16)14-9-5-4-6-10-14;;;/h3-12H,1-2H3;2*1H;/q;;;+2/p-2. The molecule has 20 heavy (non-hydrogen) atoms. The summed E-state index contributed by atoms with van der Waals surface area (Å²) in [5.74, 6) is 0.855. The van der Waals surface area contributed by atoms with Crippen molar-refractivity contribution < 1.29 is 18.3 Å². The van der Waals surface area contributed by atoms with Gasteiger partial charge in [0, 0.05) is 0 Å². The van der Waals surface area contributed by atoms with Crippen LogP contribution < -0.4 is 4.74 Å². The Morgan fingerprint density at radius 2 is 1.70 bits per heavy atom. The minimum atomic E-state index is -1.89. The van der Waals surface area contributed by atoms with Gasteiger partial charge < -0.3 is 0 Å². The van der Waals surface area contributed by atoms with E-state index < -0.39 is 13.5 Å². The van der Waals surface area contributed by atoms with Crippen molar-refractivity contribution in [1.29, 1.82) is 0 Å². The van der Waals surface area contributed by atoms with Crippen LogP contribution in [0.1, 0.15) is 19.4 Å². The summed E-state index contributed by atoms with van der Waals surface area (Å²) in [6.45, 7) is 4.03. The molecule has 0 aliphatic rings. The van der Waals surface area contributed by atoms with Gasteiger partial charge in [-0.05, 0) is 0 Å². The van der Waals surface area contributed by atoms with Gasteiger partial charge in [0.05, 0.1) is 0 Å². The SMILES string of the molecule is CC(C)Oc1c([CH]=[Ru]([Cl])[Cl])cccc1-c1ccccc1. The molecule has 0 saturated carbocycles. The Morgan fingerprint density at radius 1 is 1.00 bits per heavy atom. The number of para-hydroxylation sites is 1. The Bertz CT molecular complexity index is 605. The van der Waals surface area contributed by atoms with E-state index in [1.165, 1.54) is 0 Å². The summed E-state index contributed by atoms with van der Waals surface area (Å²) in [5.41, 5.74) is 3.17. The third-order valence-electron chi connectivity index (χ3n) is 2.67. The molecule has 0 aliphatic carbocycles. The van der Waals surface area contributed by atoms with E-state index >= 15 is 0 Å². The van der Waals surface area contributed by atoms with Crippen molar-refractivity contribution in [3.8, 4) is 16.9 Å². The van der Waals surface area contributed by atoms with Crippen LogP contribution in [0.25, 0.3) is 11.1 Å². The van der Waals surface area contributed by atoms with E-state index in [0.29, 0.717) is 0 Å². The number of halogens is 2. The number of ether oxygens (including phenoxy) is 1. The topological polar surface area (TPSA) is 9.23 Å². The predicted octanol–water partition coefficient (Wildman–Crippen LogP) is 5.22. The van der Waals surface area contributed by atoms with Crippen LogP contribution in [-0.2, 0) is 13.5 Å². The van der Waals surface area contributed by atoms with Gasteiger partial charge in [0.25, 0.3) is 0 Å². The Labute approximate surface area is 133 Å². The van der Waals surface area contributed by atoms with E-state index in [-0.39, 0.29) is 6.10 Å². The fraction of sp³-hybridized carbons (Fsp3) is 0.188. The fourth-order valence-electron chi connectivity index (χ4n) is 1.93. The summed E-state index contributed by atoms with van der Waals surface area (Å²) in [6, 6.07) is 16.2. The van der Waals surface area contributed by atoms with Gasteiger partial charge in [-0.25, -0.2) is 0 Å². The molecule has 0 unspecified atom stereocenters. The molecule has 2 aromatic carbocycles. The summed E-state index contributed by atoms with van der Waals surface area (Å²) in [5, 5.41) is 0. The maximum absolute atomic E-state index is 6.02. The van der Waals surface area contributed by atoms with Crippen molar-refractivity contribution in [1.82, 2.24) is 0 Å². The molecule has 0 fully saturated rings. The van der Waals surface area contributed by atoms with Gasteiger partial charge >= 0.3 is 133 Å². The molecule has 0 N–H and O–H groups in total. The van der Waals surface area contributed by atoms with Crippen LogP contribution in [-0.4, -0.2) is 10.7 Å². The molecule has 0 radical (unpaired) electrons. The van der Waals surface area contributed by atoms with Gasteiger partial charge in [-0.3, -0.25) is 0 Å². The average molecular weight is 396 g/mol. The van der Waals surface area contributed by atoms with E-state index in [1.807, 2.05) is 48.8 Å². The van der Waals surface area contributed by atoms with Crippen LogP contribution in [0, 0.1) is 0 Å². The molecule has 2 aromatic rings. The molecule has 0 aliphatic heterocycles. The third kappa shape index (κ3) is 4.15. The zero-order valence-corrected chi connectivity index (χ0v) is 14.5. The molecule has 0 amide bonds. The zero-order chi connectivity index (χ0) is 14.5. The van der Waals surface area contributed by atoms with Crippen LogP contribution >= 0.6 is 19.4 Å². The molecule has 0 heterocycles. The predicted molar refractivity (Wildman–Crippen MR) is 84.5 cm³/mol. The number of benzene rings is 2. The molecule has 108 valence electrons. The van der Waals surface area contributed by atoms with Crippen molar-refractivity contribution in [2.24, 2.45) is 0 Å². The Morgan fingerprint density at radius 3 is 2.30 bits per heavy atom. The third-order valence-corrected chi connectivity index (χ3v) is 4.50. The van der Waals surface area contributed by atoms with Gasteiger partial charge in [-0.1, -0.05) is 0 Å². The Balaban J connectivity index is 2.59. The summed E-state index contributed by atoms with van der Waals surface area (Å²) < 4.78 is 7.93.